The number of fused-ring (bicyclic) bond motifs is 1. The van der Waals surface area contributed by atoms with Gasteiger partial charge in [0, 0.05) is 30.5 Å². The lowest BCUT2D eigenvalue weighted by Gasteiger charge is -2.12. The van der Waals surface area contributed by atoms with E-state index in [2.05, 4.69) is 20.1 Å². The fourth-order valence-corrected chi connectivity index (χ4v) is 4.72. The Bertz CT molecular complexity index is 1220. The highest BCUT2D eigenvalue weighted by atomic mass is 35.5. The van der Waals surface area contributed by atoms with E-state index in [1.54, 1.807) is 30.3 Å². The van der Waals surface area contributed by atoms with Gasteiger partial charge in [0.25, 0.3) is 5.91 Å². The molecule has 0 aliphatic carbocycles. The van der Waals surface area contributed by atoms with Crippen molar-refractivity contribution in [2.75, 3.05) is 11.6 Å². The second-order valence-electron chi connectivity index (χ2n) is 7.32. The first-order valence-corrected chi connectivity index (χ1v) is 11.9. The Hall–Kier alpha value is -2.71. The smallest absolute Gasteiger partial charge is 0.256 e. The van der Waals surface area contributed by atoms with E-state index in [0.717, 1.165) is 44.3 Å². The molecule has 0 fully saturated rings. The van der Waals surface area contributed by atoms with Gasteiger partial charge in [0.1, 0.15) is 5.82 Å². The molecular formula is C21H21ClN4O3S. The minimum Gasteiger partial charge on any atom is -0.322 e. The molecule has 1 aliphatic rings. The summed E-state index contributed by atoms with van der Waals surface area (Å²) in [7, 11) is -3.54. The maximum Gasteiger partial charge on any atom is 0.256 e. The molecule has 0 spiro atoms. The standard InChI is InChI=1S/C21H21ClN4O3S/c1-30(28,29)18-8-5-4-7-15(18)21(27)23-14-10-11-17(22)16(13-14)20-25-24-19-9-3-2-6-12-26(19)20/h4-5,7-8,10-11,13H,2-3,6,9,12H2,1H3,(H,23,27). The lowest BCUT2D eigenvalue weighted by molar-refractivity contribution is 0.102. The van der Waals surface area contributed by atoms with Crippen molar-refractivity contribution in [2.24, 2.45) is 0 Å². The number of aryl methyl sites for hydroxylation is 1. The molecule has 0 unspecified atom stereocenters. The van der Waals surface area contributed by atoms with Crippen LogP contribution in [0.4, 0.5) is 5.69 Å². The minimum atomic E-state index is -3.54. The fraction of sp³-hybridized carbons (Fsp3) is 0.286. The van der Waals surface area contributed by atoms with Crippen LogP contribution < -0.4 is 5.32 Å². The highest BCUT2D eigenvalue weighted by Gasteiger charge is 2.21. The van der Waals surface area contributed by atoms with Crippen molar-refractivity contribution >= 4 is 33.0 Å². The summed E-state index contributed by atoms with van der Waals surface area (Å²) in [5.74, 6) is 1.10. The van der Waals surface area contributed by atoms with Crippen LogP contribution in [-0.4, -0.2) is 35.3 Å². The maximum absolute atomic E-state index is 12.8. The van der Waals surface area contributed by atoms with Crippen molar-refractivity contribution in [3.63, 3.8) is 0 Å². The van der Waals surface area contributed by atoms with E-state index in [-0.39, 0.29) is 10.5 Å². The van der Waals surface area contributed by atoms with E-state index in [4.69, 9.17) is 11.6 Å². The number of benzene rings is 2. The van der Waals surface area contributed by atoms with Gasteiger partial charge < -0.3 is 9.88 Å². The average molecular weight is 445 g/mol. The van der Waals surface area contributed by atoms with E-state index >= 15 is 0 Å². The first-order chi connectivity index (χ1) is 14.3. The van der Waals surface area contributed by atoms with Crippen LogP contribution in [0.25, 0.3) is 11.4 Å². The quantitative estimate of drug-likeness (QED) is 0.656. The third-order valence-electron chi connectivity index (χ3n) is 5.11. The highest BCUT2D eigenvalue weighted by Crippen LogP contribution is 2.31. The molecule has 4 rings (SSSR count). The Morgan fingerprint density at radius 3 is 2.70 bits per heavy atom. The van der Waals surface area contributed by atoms with Gasteiger partial charge in [0.15, 0.2) is 15.7 Å². The van der Waals surface area contributed by atoms with Crippen LogP contribution in [0.5, 0.6) is 0 Å². The van der Waals surface area contributed by atoms with Crippen LogP contribution in [0.15, 0.2) is 47.4 Å². The van der Waals surface area contributed by atoms with Crippen molar-refractivity contribution in [1.82, 2.24) is 14.8 Å². The van der Waals surface area contributed by atoms with Gasteiger partial charge in [0.05, 0.1) is 15.5 Å². The molecule has 2 aromatic carbocycles. The maximum atomic E-state index is 12.8. The molecule has 9 heteroatoms. The van der Waals surface area contributed by atoms with Crippen LogP contribution >= 0.6 is 11.6 Å². The van der Waals surface area contributed by atoms with Crippen molar-refractivity contribution in [1.29, 1.82) is 0 Å². The molecule has 156 valence electrons. The predicted octanol–water partition coefficient (Wildman–Crippen LogP) is 3.98. The topological polar surface area (TPSA) is 93.9 Å². The van der Waals surface area contributed by atoms with Gasteiger partial charge in [-0.15, -0.1) is 10.2 Å². The number of carbonyl (C=O) groups excluding carboxylic acids is 1. The van der Waals surface area contributed by atoms with Crippen LogP contribution in [0, 0.1) is 0 Å². The van der Waals surface area contributed by atoms with Crippen molar-refractivity contribution in [3.8, 4) is 11.4 Å². The number of hydrogen-bond acceptors (Lipinski definition) is 5. The lowest BCUT2D eigenvalue weighted by atomic mass is 10.1. The van der Waals surface area contributed by atoms with E-state index < -0.39 is 15.7 Å². The second-order valence-corrected chi connectivity index (χ2v) is 9.71. The number of nitrogens with zero attached hydrogens (tertiary/aromatic N) is 3. The normalized spacial score (nSPS) is 14.1. The summed E-state index contributed by atoms with van der Waals surface area (Å²) in [5, 5.41) is 11.9. The minimum absolute atomic E-state index is 0.0144. The summed E-state index contributed by atoms with van der Waals surface area (Å²) >= 11 is 6.44. The molecule has 2 heterocycles. The molecule has 0 atom stereocenters. The second kappa shape index (κ2) is 8.20. The Labute approximate surface area is 180 Å². The predicted molar refractivity (Wildman–Crippen MR) is 116 cm³/mol. The van der Waals surface area contributed by atoms with Crippen molar-refractivity contribution < 1.29 is 13.2 Å². The first kappa shape index (κ1) is 20.6. The van der Waals surface area contributed by atoms with Gasteiger partial charge in [-0.2, -0.15) is 0 Å². The molecule has 3 aromatic rings. The highest BCUT2D eigenvalue weighted by molar-refractivity contribution is 7.90. The average Bonchev–Trinajstić information content (AvgIpc) is 2.96. The van der Waals surface area contributed by atoms with Crippen LogP contribution in [0.2, 0.25) is 5.02 Å². The van der Waals surface area contributed by atoms with Gasteiger partial charge in [-0.25, -0.2) is 8.42 Å². The summed E-state index contributed by atoms with van der Waals surface area (Å²) in [6.07, 6.45) is 5.24. The van der Waals surface area contributed by atoms with Gasteiger partial charge in [-0.3, -0.25) is 4.79 Å². The van der Waals surface area contributed by atoms with Gasteiger partial charge in [-0.05, 0) is 43.2 Å². The Morgan fingerprint density at radius 1 is 1.10 bits per heavy atom. The third-order valence-corrected chi connectivity index (χ3v) is 6.59. The molecule has 1 N–H and O–H groups in total. The van der Waals surface area contributed by atoms with Crippen molar-refractivity contribution in [2.45, 2.75) is 37.1 Å². The van der Waals surface area contributed by atoms with Gasteiger partial charge in [0.2, 0.25) is 0 Å². The third kappa shape index (κ3) is 4.11. The fourth-order valence-electron chi connectivity index (χ4n) is 3.63. The van der Waals surface area contributed by atoms with E-state index in [0.29, 0.717) is 22.1 Å². The van der Waals surface area contributed by atoms with E-state index in [1.807, 2.05) is 0 Å². The van der Waals surface area contributed by atoms with Crippen molar-refractivity contribution in [3.05, 3.63) is 58.9 Å². The lowest BCUT2D eigenvalue weighted by Crippen LogP contribution is -2.16. The number of nitrogens with one attached hydrogen (secondary N) is 1. The number of anilines is 1. The zero-order valence-corrected chi connectivity index (χ0v) is 18.0. The van der Waals surface area contributed by atoms with E-state index in [1.165, 1.54) is 12.1 Å². The number of amides is 1. The monoisotopic (exact) mass is 444 g/mol. The van der Waals surface area contributed by atoms with Gasteiger partial charge >= 0.3 is 0 Å². The summed E-state index contributed by atoms with van der Waals surface area (Å²) in [6.45, 7) is 0.826. The number of carbonyl (C=O) groups is 1. The molecule has 0 saturated heterocycles. The largest absolute Gasteiger partial charge is 0.322 e. The summed E-state index contributed by atoms with van der Waals surface area (Å²) in [4.78, 5) is 12.8. The Kier molecular flexibility index (Phi) is 5.62. The van der Waals surface area contributed by atoms with Crippen LogP contribution in [-0.2, 0) is 22.8 Å². The number of rotatable bonds is 4. The molecular weight excluding hydrogens is 424 g/mol. The number of hydrogen-bond donors (Lipinski definition) is 1. The Balaban J connectivity index is 1.67. The molecule has 0 bridgehead atoms. The number of sulfone groups is 1. The zero-order chi connectivity index (χ0) is 21.3. The van der Waals surface area contributed by atoms with Crippen LogP contribution in [0.1, 0.15) is 35.4 Å². The SMILES string of the molecule is CS(=O)(=O)c1ccccc1C(=O)Nc1ccc(Cl)c(-c2nnc3n2CCCCC3)c1. The Morgan fingerprint density at radius 2 is 1.90 bits per heavy atom. The molecule has 1 aromatic heterocycles. The molecule has 0 radical (unpaired) electrons. The summed E-state index contributed by atoms with van der Waals surface area (Å²) in [6, 6.07) is 11.2. The molecule has 1 amide bonds. The number of aromatic nitrogens is 3. The summed E-state index contributed by atoms with van der Waals surface area (Å²) < 4.78 is 26.1. The van der Waals surface area contributed by atoms with Crippen LogP contribution in [0.3, 0.4) is 0 Å². The molecule has 1 aliphatic heterocycles. The van der Waals surface area contributed by atoms with Gasteiger partial charge in [-0.1, -0.05) is 30.2 Å². The number of halogens is 1. The zero-order valence-electron chi connectivity index (χ0n) is 16.4. The molecule has 7 nitrogen and oxygen atoms in total. The molecule has 30 heavy (non-hydrogen) atoms. The first-order valence-electron chi connectivity index (χ1n) is 9.67. The molecule has 0 saturated carbocycles. The summed E-state index contributed by atoms with van der Waals surface area (Å²) in [5.41, 5.74) is 1.26. The van der Waals surface area contributed by atoms with E-state index in [9.17, 15) is 13.2 Å².